The Morgan fingerprint density at radius 1 is 1.13 bits per heavy atom. The van der Waals surface area contributed by atoms with Crippen LogP contribution in [0.1, 0.15) is 56.9 Å². The van der Waals surface area contributed by atoms with E-state index in [2.05, 4.69) is 11.1 Å². The van der Waals surface area contributed by atoms with E-state index in [9.17, 15) is 14.7 Å². The molecule has 0 spiro atoms. The number of ether oxygens (including phenoxy) is 1. The van der Waals surface area contributed by atoms with Crippen LogP contribution in [0.5, 0.6) is 5.75 Å². The molecule has 0 heterocycles. The summed E-state index contributed by atoms with van der Waals surface area (Å²) in [6.07, 6.45) is 6.87. The molecule has 0 unspecified atom stereocenters. The molecule has 1 aliphatic carbocycles. The van der Waals surface area contributed by atoms with Crippen molar-refractivity contribution in [3.05, 3.63) is 42.0 Å². The average molecular weight is 419 g/mol. The van der Waals surface area contributed by atoms with Gasteiger partial charge < -0.3 is 31.2 Å². The van der Waals surface area contributed by atoms with Gasteiger partial charge in [-0.1, -0.05) is 30.7 Å². The molecule has 3 rings (SSSR count). The van der Waals surface area contributed by atoms with Crippen molar-refractivity contribution in [2.24, 2.45) is 0 Å². The molecular weight excluding hydrogens is 384 g/mol. The van der Waals surface area contributed by atoms with Crippen molar-refractivity contribution in [1.29, 1.82) is 0 Å². The minimum Gasteiger partial charge on any atom is -0.550 e. The van der Waals surface area contributed by atoms with Crippen LogP contribution in [0.15, 0.2) is 36.4 Å². The van der Waals surface area contributed by atoms with Gasteiger partial charge in [-0.25, -0.2) is 0 Å². The molecular formula is C23H34N2O5. The molecule has 1 amide bonds. The number of carboxylic acids is 1. The minimum atomic E-state index is -1.17. The Balaban J connectivity index is 0.000000477. The third kappa shape index (κ3) is 8.00. The highest BCUT2D eigenvalue weighted by Crippen LogP contribution is 2.25. The van der Waals surface area contributed by atoms with Crippen LogP contribution in [0.2, 0.25) is 0 Å². The number of hydrogen-bond donors (Lipinski definition) is 2. The Hall–Kier alpha value is -2.64. The van der Waals surface area contributed by atoms with Crippen molar-refractivity contribution in [1.82, 2.24) is 5.32 Å². The maximum absolute atomic E-state index is 12.0. The molecule has 6 N–H and O–H groups in total. The number of benzene rings is 2. The Labute approximate surface area is 177 Å². The summed E-state index contributed by atoms with van der Waals surface area (Å²) in [4.78, 5) is 22.4. The molecule has 2 aromatic carbocycles. The lowest BCUT2D eigenvalue weighted by molar-refractivity contribution is -0.425. The average Bonchev–Trinajstić information content (AvgIpc) is 2.73. The third-order valence-corrected chi connectivity index (χ3v) is 5.32. The van der Waals surface area contributed by atoms with Crippen molar-refractivity contribution >= 4 is 22.6 Å². The summed E-state index contributed by atoms with van der Waals surface area (Å²) in [5.41, 5.74) is 4.88. The van der Waals surface area contributed by atoms with E-state index in [4.69, 9.17) is 4.74 Å². The first-order valence-electron chi connectivity index (χ1n) is 10.3. The fourth-order valence-electron chi connectivity index (χ4n) is 3.42. The molecule has 0 saturated heterocycles. The van der Waals surface area contributed by atoms with E-state index in [1.165, 1.54) is 32.1 Å². The number of amides is 1. The van der Waals surface area contributed by atoms with Gasteiger partial charge in [-0.05, 0) is 61.1 Å². The van der Waals surface area contributed by atoms with Crippen LogP contribution < -0.4 is 20.9 Å². The molecule has 2 aromatic rings. The summed E-state index contributed by atoms with van der Waals surface area (Å²) in [7, 11) is 1.62. The quantitative estimate of drug-likeness (QED) is 0.721. The molecule has 30 heavy (non-hydrogen) atoms. The maximum Gasteiger partial charge on any atom is 0.227 e. The Morgan fingerprint density at radius 3 is 2.33 bits per heavy atom. The van der Waals surface area contributed by atoms with Gasteiger partial charge in [0, 0.05) is 18.9 Å². The highest BCUT2D eigenvalue weighted by molar-refractivity contribution is 5.88. The molecule has 1 saturated carbocycles. The van der Waals surface area contributed by atoms with Crippen LogP contribution in [-0.2, 0) is 9.59 Å². The van der Waals surface area contributed by atoms with Gasteiger partial charge in [-0.15, -0.1) is 0 Å². The lowest BCUT2D eigenvalue weighted by atomic mass is 9.97. The highest BCUT2D eigenvalue weighted by atomic mass is 16.5. The smallest absolute Gasteiger partial charge is 0.227 e. The number of quaternary nitrogens is 1. The number of carbonyl (C=O) groups excluding carboxylic acids is 2. The van der Waals surface area contributed by atoms with Crippen LogP contribution in [0, 0.1) is 0 Å². The van der Waals surface area contributed by atoms with Crippen LogP contribution in [-0.4, -0.2) is 37.0 Å². The standard InChI is InChI=1S/C17H19NO4.C6H13N.H2O/c1-11(17(21)18-8-7-16(19)20)12-3-4-14-10-15(22-2)6-5-13(14)9-12;7-6-4-2-1-3-5-6;/h3-6,9-11H,7-8H2,1-2H3,(H,18,21)(H,19,20);6H,1-5,7H2;1H2/t11-;;/m0../s1. The summed E-state index contributed by atoms with van der Waals surface area (Å²) < 4.78 is 5.18. The first-order chi connectivity index (χ1) is 13.9. The number of nitrogens with one attached hydrogen (secondary N) is 1. The van der Waals surface area contributed by atoms with Gasteiger partial charge in [0.25, 0.3) is 0 Å². The molecule has 7 heteroatoms. The zero-order chi connectivity index (χ0) is 21.2. The largest absolute Gasteiger partial charge is 0.550 e. The van der Waals surface area contributed by atoms with Crippen LogP contribution in [0.4, 0.5) is 0 Å². The molecule has 1 atom stereocenters. The Kier molecular flexibility index (Phi) is 10.9. The lowest BCUT2D eigenvalue weighted by Gasteiger charge is -2.14. The first-order valence-corrected chi connectivity index (χ1v) is 10.3. The van der Waals surface area contributed by atoms with Gasteiger partial charge in [-0.2, -0.15) is 0 Å². The number of aliphatic carboxylic acids is 1. The molecule has 0 aromatic heterocycles. The molecule has 7 nitrogen and oxygen atoms in total. The second kappa shape index (κ2) is 12.8. The zero-order valence-corrected chi connectivity index (χ0v) is 17.9. The van der Waals surface area contributed by atoms with E-state index in [0.717, 1.165) is 28.1 Å². The van der Waals surface area contributed by atoms with Crippen molar-refractivity contribution in [2.45, 2.75) is 57.4 Å². The molecule has 0 radical (unpaired) electrons. The number of fused-ring (bicyclic) bond motifs is 1. The van der Waals surface area contributed by atoms with Gasteiger partial charge in [0.15, 0.2) is 0 Å². The summed E-state index contributed by atoms with van der Waals surface area (Å²) in [6, 6.07) is 12.3. The fourth-order valence-corrected chi connectivity index (χ4v) is 3.42. The number of carboxylic acid groups (broad SMARTS) is 1. The second-order valence-electron chi connectivity index (χ2n) is 7.61. The molecule has 1 fully saturated rings. The fraction of sp³-hybridized carbons (Fsp3) is 0.478. The molecule has 1 aliphatic rings. The second-order valence-corrected chi connectivity index (χ2v) is 7.61. The van der Waals surface area contributed by atoms with Crippen LogP contribution in [0.3, 0.4) is 0 Å². The Morgan fingerprint density at radius 2 is 1.77 bits per heavy atom. The van der Waals surface area contributed by atoms with E-state index in [-0.39, 0.29) is 30.3 Å². The van der Waals surface area contributed by atoms with Crippen molar-refractivity contribution in [3.8, 4) is 5.75 Å². The van der Waals surface area contributed by atoms with Gasteiger partial charge in [0.1, 0.15) is 5.75 Å². The van der Waals surface area contributed by atoms with Gasteiger partial charge in [0.2, 0.25) is 5.91 Å². The summed E-state index contributed by atoms with van der Waals surface area (Å²) in [6.45, 7) is 1.87. The maximum atomic E-state index is 12.0. The SMILES string of the molecule is COc1ccc2cc([C@H](C)C(=O)NCCC(=O)[O-])ccc2c1.O.[NH3+]C1CCCCC1. The number of methoxy groups -OCH3 is 1. The molecule has 166 valence electrons. The topological polar surface area (TPSA) is 138 Å². The van der Waals surface area contributed by atoms with Crippen LogP contribution in [0.25, 0.3) is 10.8 Å². The summed E-state index contributed by atoms with van der Waals surface area (Å²) in [5.74, 6) is -0.941. The van der Waals surface area contributed by atoms with Crippen molar-refractivity contribution in [2.75, 3.05) is 13.7 Å². The molecule has 0 aliphatic heterocycles. The van der Waals surface area contributed by atoms with E-state index in [1.54, 1.807) is 14.0 Å². The minimum absolute atomic E-state index is 0. The van der Waals surface area contributed by atoms with E-state index in [1.807, 2.05) is 36.4 Å². The predicted molar refractivity (Wildman–Crippen MR) is 115 cm³/mol. The van der Waals surface area contributed by atoms with Gasteiger partial charge in [-0.3, -0.25) is 4.79 Å². The monoisotopic (exact) mass is 418 g/mol. The number of carbonyl (C=O) groups is 2. The van der Waals surface area contributed by atoms with E-state index in [0.29, 0.717) is 0 Å². The van der Waals surface area contributed by atoms with Gasteiger partial charge >= 0.3 is 0 Å². The first kappa shape index (κ1) is 25.4. The zero-order valence-electron chi connectivity index (χ0n) is 17.9. The third-order valence-electron chi connectivity index (χ3n) is 5.32. The highest BCUT2D eigenvalue weighted by Gasteiger charge is 2.15. The van der Waals surface area contributed by atoms with E-state index < -0.39 is 5.97 Å². The number of hydrogen-bond acceptors (Lipinski definition) is 4. The number of rotatable bonds is 6. The van der Waals surface area contributed by atoms with Crippen LogP contribution >= 0.6 is 0 Å². The summed E-state index contributed by atoms with van der Waals surface area (Å²) in [5, 5.41) is 15.0. The summed E-state index contributed by atoms with van der Waals surface area (Å²) >= 11 is 0. The lowest BCUT2D eigenvalue weighted by Crippen LogP contribution is -2.61. The van der Waals surface area contributed by atoms with Crippen molar-refractivity contribution < 1.29 is 30.6 Å². The Bertz CT molecular complexity index is 818. The van der Waals surface area contributed by atoms with Crippen molar-refractivity contribution in [3.63, 3.8) is 0 Å². The van der Waals surface area contributed by atoms with E-state index >= 15 is 0 Å². The molecule has 0 bridgehead atoms. The normalized spacial score (nSPS) is 14.6. The van der Waals surface area contributed by atoms with Gasteiger partial charge in [0.05, 0.1) is 19.1 Å². The predicted octanol–water partition coefficient (Wildman–Crippen LogP) is 0.944.